The number of piperidine rings is 2. The molecule has 7 nitrogen and oxygen atoms in total. The van der Waals surface area contributed by atoms with Crippen molar-refractivity contribution in [3.05, 3.63) is 34.9 Å². The van der Waals surface area contributed by atoms with E-state index in [-0.39, 0.29) is 24.8 Å². The van der Waals surface area contributed by atoms with E-state index in [1.807, 2.05) is 6.07 Å². The standard InChI is InChI=1S/C23H31ClN4O3/c24-18-7-3-5-16(13-18)15-28-22(30)19(26-23(28)31)9-10-21(29)25-14-17-6-4-12-27-11-2-1-8-20(17)27/h3,5,7,13,17,19-20H,1-2,4,6,8-12,14-15H2,(H,25,29)(H,26,31)/t17-,19-,20?/m0/s1. The summed E-state index contributed by atoms with van der Waals surface area (Å²) in [6, 6.07) is 6.62. The molecule has 3 saturated heterocycles. The van der Waals surface area contributed by atoms with Gasteiger partial charge in [-0.2, -0.15) is 0 Å². The van der Waals surface area contributed by atoms with E-state index in [4.69, 9.17) is 11.6 Å². The van der Waals surface area contributed by atoms with Gasteiger partial charge >= 0.3 is 6.03 Å². The molecule has 2 N–H and O–H groups in total. The van der Waals surface area contributed by atoms with Crippen LogP contribution >= 0.6 is 11.6 Å². The lowest BCUT2D eigenvalue weighted by atomic mass is 9.83. The fourth-order valence-corrected chi connectivity index (χ4v) is 5.38. The summed E-state index contributed by atoms with van der Waals surface area (Å²) in [6.45, 7) is 3.24. The van der Waals surface area contributed by atoms with Crippen molar-refractivity contribution in [2.45, 2.75) is 63.6 Å². The van der Waals surface area contributed by atoms with Crippen molar-refractivity contribution in [2.75, 3.05) is 19.6 Å². The minimum absolute atomic E-state index is 0.0525. The number of imide groups is 1. The number of fused-ring (bicyclic) bond motifs is 1. The minimum atomic E-state index is -0.652. The first-order valence-corrected chi connectivity index (χ1v) is 11.8. The first kappa shape index (κ1) is 22.1. The molecule has 0 bridgehead atoms. The summed E-state index contributed by atoms with van der Waals surface area (Å²) in [5, 5.41) is 6.34. The number of hydrogen-bond donors (Lipinski definition) is 2. The second-order valence-electron chi connectivity index (χ2n) is 8.90. The van der Waals surface area contributed by atoms with E-state index in [0.717, 1.165) is 12.0 Å². The zero-order valence-corrected chi connectivity index (χ0v) is 18.6. The number of amides is 4. The number of nitrogens with one attached hydrogen (secondary N) is 2. The fourth-order valence-electron chi connectivity index (χ4n) is 5.16. The molecule has 3 atom stereocenters. The van der Waals surface area contributed by atoms with Crippen molar-refractivity contribution in [3.8, 4) is 0 Å². The summed E-state index contributed by atoms with van der Waals surface area (Å²) in [5.74, 6) is 0.171. The van der Waals surface area contributed by atoms with Gasteiger partial charge in [0.2, 0.25) is 5.91 Å². The molecular weight excluding hydrogens is 416 g/mol. The molecular formula is C23H31ClN4O3. The Kier molecular flexibility index (Phi) is 7.13. The molecule has 4 rings (SSSR count). The summed E-state index contributed by atoms with van der Waals surface area (Å²) >= 11 is 5.99. The van der Waals surface area contributed by atoms with Gasteiger partial charge < -0.3 is 15.5 Å². The Hall–Kier alpha value is -2.12. The monoisotopic (exact) mass is 446 g/mol. The van der Waals surface area contributed by atoms with E-state index in [0.29, 0.717) is 29.9 Å². The van der Waals surface area contributed by atoms with E-state index in [1.54, 1.807) is 18.2 Å². The second-order valence-corrected chi connectivity index (χ2v) is 9.34. The third-order valence-corrected chi connectivity index (χ3v) is 7.02. The first-order valence-electron chi connectivity index (χ1n) is 11.4. The number of urea groups is 1. The van der Waals surface area contributed by atoms with Crippen LogP contribution in [0.2, 0.25) is 5.02 Å². The van der Waals surface area contributed by atoms with Crippen LogP contribution in [-0.2, 0) is 16.1 Å². The van der Waals surface area contributed by atoms with Crippen molar-refractivity contribution in [1.29, 1.82) is 0 Å². The van der Waals surface area contributed by atoms with Gasteiger partial charge in [0, 0.05) is 24.0 Å². The lowest BCUT2D eigenvalue weighted by Crippen LogP contribution is -2.51. The molecule has 168 valence electrons. The van der Waals surface area contributed by atoms with Crippen LogP contribution in [0.5, 0.6) is 0 Å². The highest BCUT2D eigenvalue weighted by molar-refractivity contribution is 6.30. The van der Waals surface area contributed by atoms with Gasteiger partial charge in [-0.1, -0.05) is 30.2 Å². The quantitative estimate of drug-likeness (QED) is 0.631. The number of halogens is 1. The molecule has 0 saturated carbocycles. The molecule has 0 radical (unpaired) electrons. The topological polar surface area (TPSA) is 81.8 Å². The summed E-state index contributed by atoms with van der Waals surface area (Å²) in [5.41, 5.74) is 0.790. The summed E-state index contributed by atoms with van der Waals surface area (Å²) in [7, 11) is 0. The van der Waals surface area contributed by atoms with Crippen LogP contribution in [0, 0.1) is 5.92 Å². The molecule has 0 aromatic heterocycles. The van der Waals surface area contributed by atoms with Crippen LogP contribution < -0.4 is 10.6 Å². The van der Waals surface area contributed by atoms with Gasteiger partial charge in [-0.3, -0.25) is 14.5 Å². The number of carbonyl (C=O) groups excluding carboxylic acids is 3. The van der Waals surface area contributed by atoms with Crippen molar-refractivity contribution in [2.24, 2.45) is 5.92 Å². The zero-order valence-electron chi connectivity index (χ0n) is 17.8. The first-order chi connectivity index (χ1) is 15.0. The number of hydrogen-bond acceptors (Lipinski definition) is 4. The smallest absolute Gasteiger partial charge is 0.325 e. The molecule has 3 aliphatic heterocycles. The van der Waals surface area contributed by atoms with Crippen molar-refractivity contribution in [1.82, 2.24) is 20.4 Å². The van der Waals surface area contributed by atoms with Crippen molar-refractivity contribution < 1.29 is 14.4 Å². The maximum atomic E-state index is 12.7. The van der Waals surface area contributed by atoms with Crippen LogP contribution in [0.15, 0.2) is 24.3 Å². The number of rotatable bonds is 7. The second kappa shape index (κ2) is 10.0. The van der Waals surface area contributed by atoms with E-state index in [9.17, 15) is 14.4 Å². The zero-order chi connectivity index (χ0) is 21.8. The molecule has 1 aromatic rings. The maximum absolute atomic E-state index is 12.7. The average Bonchev–Trinajstić information content (AvgIpc) is 3.04. The third-order valence-electron chi connectivity index (χ3n) is 6.79. The lowest BCUT2D eigenvalue weighted by molar-refractivity contribution is -0.128. The van der Waals surface area contributed by atoms with Crippen LogP contribution in [0.1, 0.15) is 50.5 Å². The highest BCUT2D eigenvalue weighted by Gasteiger charge is 2.38. The molecule has 1 aromatic carbocycles. The van der Waals surface area contributed by atoms with E-state index in [2.05, 4.69) is 15.5 Å². The van der Waals surface area contributed by atoms with Crippen molar-refractivity contribution >= 4 is 29.4 Å². The number of nitrogens with zero attached hydrogens (tertiary/aromatic N) is 2. The van der Waals surface area contributed by atoms with E-state index < -0.39 is 12.1 Å². The molecule has 0 spiro atoms. The van der Waals surface area contributed by atoms with Crippen LogP contribution in [-0.4, -0.2) is 59.4 Å². The minimum Gasteiger partial charge on any atom is -0.356 e. The Morgan fingerprint density at radius 2 is 2.00 bits per heavy atom. The molecule has 8 heteroatoms. The van der Waals surface area contributed by atoms with Gasteiger partial charge in [-0.05, 0) is 68.8 Å². The van der Waals surface area contributed by atoms with Crippen LogP contribution in [0.4, 0.5) is 4.79 Å². The number of benzene rings is 1. The predicted octanol–water partition coefficient (Wildman–Crippen LogP) is 2.92. The van der Waals surface area contributed by atoms with E-state index in [1.165, 1.54) is 43.7 Å². The Balaban J connectivity index is 1.23. The third kappa shape index (κ3) is 5.39. The van der Waals surface area contributed by atoms with Crippen LogP contribution in [0.3, 0.4) is 0 Å². The molecule has 3 aliphatic rings. The highest BCUT2D eigenvalue weighted by Crippen LogP contribution is 2.30. The van der Waals surface area contributed by atoms with Gasteiger partial charge in [-0.25, -0.2) is 4.79 Å². The molecule has 4 amide bonds. The Bertz CT molecular complexity index is 831. The van der Waals surface area contributed by atoms with Gasteiger partial charge in [0.15, 0.2) is 0 Å². The predicted molar refractivity (Wildman–Crippen MR) is 119 cm³/mol. The summed E-state index contributed by atoms with van der Waals surface area (Å²) in [4.78, 5) is 41.1. The normalized spacial score (nSPS) is 26.5. The van der Waals surface area contributed by atoms with Gasteiger partial charge in [0.25, 0.3) is 5.91 Å². The Morgan fingerprint density at radius 3 is 2.84 bits per heavy atom. The molecule has 0 aliphatic carbocycles. The largest absolute Gasteiger partial charge is 0.356 e. The molecule has 3 heterocycles. The summed E-state index contributed by atoms with van der Waals surface area (Å²) < 4.78 is 0. The SMILES string of the molecule is O=C(CC[C@@H]1NC(=O)N(Cc2cccc(Cl)c2)C1=O)NC[C@@H]1CCCN2CCCCC12. The maximum Gasteiger partial charge on any atom is 0.325 e. The number of carbonyl (C=O) groups is 3. The molecule has 3 fully saturated rings. The summed E-state index contributed by atoms with van der Waals surface area (Å²) in [6.07, 6.45) is 6.68. The molecule has 1 unspecified atom stereocenters. The fraction of sp³-hybridized carbons (Fsp3) is 0.609. The molecule has 31 heavy (non-hydrogen) atoms. The van der Waals surface area contributed by atoms with Gasteiger partial charge in [0.1, 0.15) is 6.04 Å². The van der Waals surface area contributed by atoms with E-state index >= 15 is 0 Å². The van der Waals surface area contributed by atoms with Crippen molar-refractivity contribution in [3.63, 3.8) is 0 Å². The van der Waals surface area contributed by atoms with Gasteiger partial charge in [-0.15, -0.1) is 0 Å². The average molecular weight is 447 g/mol. The lowest BCUT2D eigenvalue weighted by Gasteiger charge is -2.44. The van der Waals surface area contributed by atoms with Gasteiger partial charge in [0.05, 0.1) is 6.54 Å². The Labute approximate surface area is 188 Å². The highest BCUT2D eigenvalue weighted by atomic mass is 35.5. The Morgan fingerprint density at radius 1 is 1.16 bits per heavy atom. The van der Waals surface area contributed by atoms with Crippen LogP contribution in [0.25, 0.3) is 0 Å².